The lowest BCUT2D eigenvalue weighted by Gasteiger charge is -2.17. The van der Waals surface area contributed by atoms with Gasteiger partial charge in [-0.1, -0.05) is 26.3 Å². The van der Waals surface area contributed by atoms with Crippen LogP contribution in [-0.4, -0.2) is 64.0 Å². The van der Waals surface area contributed by atoms with Crippen LogP contribution in [0, 0.1) is 5.92 Å². The summed E-state index contributed by atoms with van der Waals surface area (Å²) in [6, 6.07) is 3.11. The van der Waals surface area contributed by atoms with Crippen LogP contribution in [0.25, 0.3) is 0 Å². The molecular weight excluding hydrogens is 454 g/mol. The summed E-state index contributed by atoms with van der Waals surface area (Å²) in [5.41, 5.74) is 6.39. The monoisotopic (exact) mass is 485 g/mol. The van der Waals surface area contributed by atoms with Gasteiger partial charge in [0.25, 0.3) is 0 Å². The first-order valence-electron chi connectivity index (χ1n) is 10.5. The average Bonchev–Trinajstić information content (AvgIpc) is 2.82. The molecular formula is C22H31NO11. The molecule has 0 bridgehead atoms. The van der Waals surface area contributed by atoms with E-state index in [-0.39, 0.29) is 37.1 Å². The normalized spacial score (nSPS) is 13.0. The van der Waals surface area contributed by atoms with Gasteiger partial charge in [-0.25, -0.2) is 14.4 Å². The number of ether oxygens (including phenoxy) is 7. The maximum absolute atomic E-state index is 12.3. The number of hydrogen-bond acceptors (Lipinski definition) is 12. The minimum absolute atomic E-state index is 0.000600. The molecule has 12 nitrogen and oxygen atoms in total. The Kier molecular flexibility index (Phi) is 12.2. The van der Waals surface area contributed by atoms with Crippen LogP contribution >= 0.6 is 0 Å². The van der Waals surface area contributed by atoms with Gasteiger partial charge in [0.05, 0.1) is 20.8 Å². The van der Waals surface area contributed by atoms with Gasteiger partial charge >= 0.3 is 24.4 Å². The molecule has 1 rings (SSSR count). The predicted molar refractivity (Wildman–Crippen MR) is 116 cm³/mol. The van der Waals surface area contributed by atoms with Crippen LogP contribution < -0.4 is 15.2 Å². The molecule has 0 amide bonds. The van der Waals surface area contributed by atoms with Crippen LogP contribution in [0.2, 0.25) is 0 Å². The Bertz CT molecular complexity index is 842. The Morgan fingerprint density at radius 2 is 1.47 bits per heavy atom. The molecule has 0 heterocycles. The van der Waals surface area contributed by atoms with Gasteiger partial charge in [0.15, 0.2) is 11.5 Å². The Hall–Kier alpha value is -3.54. The lowest BCUT2D eigenvalue weighted by molar-refractivity contribution is -0.152. The van der Waals surface area contributed by atoms with Gasteiger partial charge in [-0.2, -0.15) is 0 Å². The lowest BCUT2D eigenvalue weighted by Crippen LogP contribution is -2.37. The molecule has 0 aliphatic heterocycles. The first-order valence-corrected chi connectivity index (χ1v) is 10.5. The molecule has 0 saturated heterocycles. The zero-order chi connectivity index (χ0) is 25.7. The fourth-order valence-electron chi connectivity index (χ4n) is 2.32. The minimum Gasteiger partial charge on any atom is -0.458 e. The number of methoxy groups -OCH3 is 2. The predicted octanol–water partition coefficient (Wildman–Crippen LogP) is 2.98. The zero-order valence-electron chi connectivity index (χ0n) is 19.9. The van der Waals surface area contributed by atoms with E-state index in [9.17, 15) is 19.2 Å². The van der Waals surface area contributed by atoms with Gasteiger partial charge < -0.3 is 38.9 Å². The highest BCUT2D eigenvalue weighted by Crippen LogP contribution is 2.29. The first kappa shape index (κ1) is 28.5. The van der Waals surface area contributed by atoms with E-state index in [1.807, 2.05) is 13.8 Å². The summed E-state index contributed by atoms with van der Waals surface area (Å²) < 4.78 is 33.8. The van der Waals surface area contributed by atoms with Crippen LogP contribution in [0.15, 0.2) is 18.2 Å². The largest absolute Gasteiger partial charge is 0.513 e. The van der Waals surface area contributed by atoms with Gasteiger partial charge in [0.2, 0.25) is 0 Å². The van der Waals surface area contributed by atoms with Crippen molar-refractivity contribution in [2.45, 2.75) is 45.8 Å². The molecule has 12 heteroatoms. The van der Waals surface area contributed by atoms with Gasteiger partial charge in [-0.05, 0) is 37.0 Å². The molecule has 1 aromatic carbocycles. The summed E-state index contributed by atoms with van der Waals surface area (Å²) >= 11 is 0. The third-order valence-electron chi connectivity index (χ3n) is 4.42. The van der Waals surface area contributed by atoms with Gasteiger partial charge in [0, 0.05) is 0 Å². The molecule has 1 unspecified atom stereocenters. The number of esters is 1. The third-order valence-corrected chi connectivity index (χ3v) is 4.42. The number of benzene rings is 1. The lowest BCUT2D eigenvalue weighted by atomic mass is 10.1. The first-order chi connectivity index (χ1) is 16.1. The van der Waals surface area contributed by atoms with Crippen molar-refractivity contribution in [1.29, 1.82) is 0 Å². The molecule has 3 atom stereocenters. The maximum atomic E-state index is 12.3. The van der Waals surface area contributed by atoms with Crippen molar-refractivity contribution >= 4 is 24.4 Å². The van der Waals surface area contributed by atoms with Crippen LogP contribution in [0.5, 0.6) is 11.5 Å². The summed E-state index contributed by atoms with van der Waals surface area (Å²) in [6.07, 6.45) is -2.82. The van der Waals surface area contributed by atoms with Gasteiger partial charge in [0.1, 0.15) is 18.8 Å². The molecule has 0 saturated carbocycles. The van der Waals surface area contributed by atoms with E-state index in [1.165, 1.54) is 25.1 Å². The Morgan fingerprint density at radius 1 is 0.882 bits per heavy atom. The summed E-state index contributed by atoms with van der Waals surface area (Å²) in [7, 11) is 2.22. The molecule has 2 N–H and O–H groups in total. The van der Waals surface area contributed by atoms with E-state index >= 15 is 0 Å². The fraction of sp³-hybridized carbons (Fsp3) is 0.545. The third kappa shape index (κ3) is 10.4. The van der Waals surface area contributed by atoms with E-state index in [0.29, 0.717) is 5.56 Å². The van der Waals surface area contributed by atoms with E-state index in [4.69, 9.17) is 29.4 Å². The van der Waals surface area contributed by atoms with Crippen molar-refractivity contribution < 1.29 is 52.3 Å². The van der Waals surface area contributed by atoms with Gasteiger partial charge in [-0.15, -0.1) is 0 Å². The SMILES string of the molecule is CCC(C)COC(=O)OC[C@H](C)OC(=O)[C@@H](N)Cc1ccc(OC(=O)OC)c(OC(=O)OC)c1. The molecule has 0 fully saturated rings. The number of nitrogens with two attached hydrogens (primary N) is 1. The van der Waals surface area contributed by atoms with Crippen LogP contribution in [0.1, 0.15) is 32.8 Å². The molecule has 0 aliphatic rings. The van der Waals surface area contributed by atoms with E-state index in [1.54, 1.807) is 0 Å². The summed E-state index contributed by atoms with van der Waals surface area (Å²) in [4.78, 5) is 46.8. The van der Waals surface area contributed by atoms with Crippen LogP contribution in [-0.2, 0) is 34.9 Å². The van der Waals surface area contributed by atoms with Crippen molar-refractivity contribution in [1.82, 2.24) is 0 Å². The number of carbonyl (C=O) groups excluding carboxylic acids is 4. The summed E-state index contributed by atoms with van der Waals surface area (Å²) in [5, 5.41) is 0. The smallest absolute Gasteiger partial charge is 0.458 e. The van der Waals surface area contributed by atoms with Crippen LogP contribution in [0.4, 0.5) is 14.4 Å². The highest BCUT2D eigenvalue weighted by molar-refractivity contribution is 5.76. The highest BCUT2D eigenvalue weighted by atomic mass is 16.7. The second-order valence-electron chi connectivity index (χ2n) is 7.34. The maximum Gasteiger partial charge on any atom is 0.513 e. The van der Waals surface area contributed by atoms with Gasteiger partial charge in [-0.3, -0.25) is 4.79 Å². The van der Waals surface area contributed by atoms with E-state index in [0.717, 1.165) is 20.6 Å². The van der Waals surface area contributed by atoms with Crippen molar-refractivity contribution in [3.63, 3.8) is 0 Å². The topological polar surface area (TPSA) is 159 Å². The van der Waals surface area contributed by atoms with Crippen molar-refractivity contribution in [2.75, 3.05) is 27.4 Å². The van der Waals surface area contributed by atoms with Crippen molar-refractivity contribution in [3.05, 3.63) is 23.8 Å². The molecule has 0 radical (unpaired) electrons. The molecule has 34 heavy (non-hydrogen) atoms. The Balaban J connectivity index is 2.67. The fourth-order valence-corrected chi connectivity index (χ4v) is 2.32. The molecule has 0 aromatic heterocycles. The average molecular weight is 485 g/mol. The van der Waals surface area contributed by atoms with E-state index < -0.39 is 36.6 Å². The van der Waals surface area contributed by atoms with Crippen LogP contribution in [0.3, 0.4) is 0 Å². The molecule has 1 aromatic rings. The van der Waals surface area contributed by atoms with Crippen molar-refractivity contribution in [3.8, 4) is 11.5 Å². The second-order valence-corrected chi connectivity index (χ2v) is 7.34. The van der Waals surface area contributed by atoms with E-state index in [2.05, 4.69) is 9.47 Å². The highest BCUT2D eigenvalue weighted by Gasteiger charge is 2.22. The molecule has 190 valence electrons. The van der Waals surface area contributed by atoms with Crippen molar-refractivity contribution in [2.24, 2.45) is 11.7 Å². The number of carbonyl (C=O) groups is 4. The Morgan fingerprint density at radius 3 is 2.06 bits per heavy atom. The number of hydrogen-bond donors (Lipinski definition) is 1. The molecule has 0 aliphatic carbocycles. The standard InChI is InChI=1S/C22H31NO11/c1-6-13(2)11-30-22(27)31-12-14(3)32-19(24)16(23)9-15-7-8-17(33-20(25)28-4)18(10-15)34-21(26)29-5/h7-8,10,13-14,16H,6,9,11-12,23H2,1-5H3/t13?,14-,16-/m0/s1. The molecule has 0 spiro atoms. The summed E-state index contributed by atoms with van der Waals surface area (Å²) in [6.45, 7) is 5.48. The number of rotatable bonds is 11. The second kappa shape index (κ2) is 14.6. The zero-order valence-corrected chi connectivity index (χ0v) is 19.9. The quantitative estimate of drug-likeness (QED) is 0.278. The Labute approximate surface area is 197 Å². The minimum atomic E-state index is -1.09. The summed E-state index contributed by atoms with van der Waals surface area (Å²) in [5.74, 6) is -0.786.